The first kappa shape index (κ1) is 14.2. The molecule has 2 atom stereocenters. The second-order valence-electron chi connectivity index (χ2n) is 5.52. The summed E-state index contributed by atoms with van der Waals surface area (Å²) in [4.78, 5) is 0. The lowest BCUT2D eigenvalue weighted by Crippen LogP contribution is -2.44. The largest absolute Gasteiger partial charge is 0.379 e. The molecule has 0 heterocycles. The van der Waals surface area contributed by atoms with Gasteiger partial charge in [0, 0.05) is 7.11 Å². The summed E-state index contributed by atoms with van der Waals surface area (Å²) in [5.74, 6) is 5.72. The van der Waals surface area contributed by atoms with Gasteiger partial charge in [-0.3, -0.25) is 11.3 Å². The number of aryl methyl sites for hydroxylation is 1. The number of nitrogens with one attached hydrogen (secondary N) is 1. The summed E-state index contributed by atoms with van der Waals surface area (Å²) < 4.78 is 5.63. The van der Waals surface area contributed by atoms with E-state index in [1.54, 1.807) is 7.11 Å². The molecule has 0 radical (unpaired) electrons. The van der Waals surface area contributed by atoms with Gasteiger partial charge in [-0.05, 0) is 23.5 Å². The number of nitrogens with two attached hydrogens (primary N) is 1. The Hall–Kier alpha value is -0.900. The molecule has 1 aromatic rings. The van der Waals surface area contributed by atoms with Crippen molar-refractivity contribution in [1.29, 1.82) is 0 Å². The Morgan fingerprint density at radius 3 is 2.24 bits per heavy atom. The van der Waals surface area contributed by atoms with Gasteiger partial charge in [-0.2, -0.15) is 0 Å². The second kappa shape index (κ2) is 5.63. The molecule has 0 aliphatic rings. The van der Waals surface area contributed by atoms with E-state index in [2.05, 4.69) is 45.3 Å². The van der Waals surface area contributed by atoms with E-state index in [4.69, 9.17) is 10.6 Å². The van der Waals surface area contributed by atoms with Crippen LogP contribution in [0.4, 0.5) is 0 Å². The average Bonchev–Trinajstić information content (AvgIpc) is 2.25. The number of ether oxygens (including phenoxy) is 1. The van der Waals surface area contributed by atoms with Crippen LogP contribution in [0.5, 0.6) is 0 Å². The molecule has 0 saturated heterocycles. The lowest BCUT2D eigenvalue weighted by molar-refractivity contribution is -0.0121. The van der Waals surface area contributed by atoms with Gasteiger partial charge in [0.2, 0.25) is 0 Å². The average molecular weight is 236 g/mol. The third-order valence-electron chi connectivity index (χ3n) is 3.11. The number of benzene rings is 1. The molecule has 0 bridgehead atoms. The fraction of sp³-hybridized carbons (Fsp3) is 0.571. The third kappa shape index (κ3) is 3.28. The van der Waals surface area contributed by atoms with Crippen LogP contribution in [0.2, 0.25) is 0 Å². The van der Waals surface area contributed by atoms with Crippen LogP contribution in [0.1, 0.15) is 37.9 Å². The van der Waals surface area contributed by atoms with E-state index >= 15 is 0 Å². The maximum absolute atomic E-state index is 5.72. The zero-order valence-corrected chi connectivity index (χ0v) is 11.4. The van der Waals surface area contributed by atoms with Crippen LogP contribution in [0.3, 0.4) is 0 Å². The van der Waals surface area contributed by atoms with Crippen molar-refractivity contribution < 1.29 is 4.74 Å². The summed E-state index contributed by atoms with van der Waals surface area (Å²) in [5.41, 5.74) is 5.33. The summed E-state index contributed by atoms with van der Waals surface area (Å²) in [6.45, 7) is 8.56. The molecule has 3 heteroatoms. The molecular formula is C14H24N2O. The van der Waals surface area contributed by atoms with Crippen molar-refractivity contribution in [3.05, 3.63) is 35.4 Å². The molecular weight excluding hydrogens is 212 g/mol. The molecule has 0 spiro atoms. The molecule has 0 fully saturated rings. The number of hydrazine groups is 1. The van der Waals surface area contributed by atoms with E-state index in [0.29, 0.717) is 0 Å². The van der Waals surface area contributed by atoms with E-state index in [-0.39, 0.29) is 17.6 Å². The van der Waals surface area contributed by atoms with Crippen LogP contribution in [0.15, 0.2) is 24.3 Å². The molecule has 3 nitrogen and oxygen atoms in total. The van der Waals surface area contributed by atoms with Crippen LogP contribution in [0.25, 0.3) is 0 Å². The minimum atomic E-state index is 0.00111. The number of methoxy groups -OCH3 is 1. The van der Waals surface area contributed by atoms with Crippen LogP contribution >= 0.6 is 0 Å². The lowest BCUT2D eigenvalue weighted by Gasteiger charge is -2.36. The van der Waals surface area contributed by atoms with Crippen molar-refractivity contribution in [3.63, 3.8) is 0 Å². The third-order valence-corrected chi connectivity index (χ3v) is 3.11. The van der Waals surface area contributed by atoms with Gasteiger partial charge in [-0.15, -0.1) is 0 Å². The highest BCUT2D eigenvalue weighted by molar-refractivity contribution is 5.29. The van der Waals surface area contributed by atoms with Crippen LogP contribution in [-0.4, -0.2) is 13.2 Å². The number of hydrogen-bond donors (Lipinski definition) is 2. The Labute approximate surface area is 104 Å². The molecule has 0 aromatic heterocycles. The smallest absolute Gasteiger partial charge is 0.0827 e. The minimum absolute atomic E-state index is 0.00111. The molecule has 1 aromatic carbocycles. The molecule has 96 valence electrons. The summed E-state index contributed by atoms with van der Waals surface area (Å²) in [7, 11) is 1.73. The second-order valence-corrected chi connectivity index (χ2v) is 5.52. The summed E-state index contributed by atoms with van der Waals surface area (Å²) >= 11 is 0. The Bertz CT molecular complexity index is 357. The van der Waals surface area contributed by atoms with Crippen LogP contribution in [0, 0.1) is 12.3 Å². The quantitative estimate of drug-likeness (QED) is 0.624. The maximum Gasteiger partial charge on any atom is 0.0827 e. The molecule has 17 heavy (non-hydrogen) atoms. The van der Waals surface area contributed by atoms with Crippen molar-refractivity contribution in [2.24, 2.45) is 11.3 Å². The van der Waals surface area contributed by atoms with Crippen molar-refractivity contribution in [1.82, 2.24) is 5.43 Å². The molecule has 0 saturated carbocycles. The molecule has 2 unspecified atom stereocenters. The first-order valence-electron chi connectivity index (χ1n) is 5.96. The summed E-state index contributed by atoms with van der Waals surface area (Å²) in [5, 5.41) is 0. The highest BCUT2D eigenvalue weighted by atomic mass is 16.5. The first-order valence-corrected chi connectivity index (χ1v) is 5.96. The first-order chi connectivity index (χ1) is 7.91. The predicted molar refractivity (Wildman–Crippen MR) is 71.5 cm³/mol. The number of hydrogen-bond acceptors (Lipinski definition) is 3. The van der Waals surface area contributed by atoms with Crippen LogP contribution in [-0.2, 0) is 4.74 Å². The SMILES string of the molecule is COC(C(NN)c1ccccc1C)C(C)(C)C. The molecule has 1 rings (SSSR count). The van der Waals surface area contributed by atoms with Crippen LogP contribution < -0.4 is 11.3 Å². The summed E-state index contributed by atoms with van der Waals surface area (Å²) in [6, 6.07) is 8.25. The van der Waals surface area contributed by atoms with E-state index in [0.717, 1.165) is 0 Å². The topological polar surface area (TPSA) is 47.3 Å². The Morgan fingerprint density at radius 1 is 1.24 bits per heavy atom. The zero-order chi connectivity index (χ0) is 13.1. The minimum Gasteiger partial charge on any atom is -0.379 e. The van der Waals surface area contributed by atoms with Gasteiger partial charge in [-0.25, -0.2) is 0 Å². The van der Waals surface area contributed by atoms with Crippen molar-refractivity contribution in [2.45, 2.75) is 39.8 Å². The van der Waals surface area contributed by atoms with Gasteiger partial charge < -0.3 is 4.74 Å². The summed E-state index contributed by atoms with van der Waals surface area (Å²) in [6.07, 6.45) is 0.0219. The Kier molecular flexibility index (Phi) is 4.69. The molecule has 0 amide bonds. The van der Waals surface area contributed by atoms with Gasteiger partial charge in [0.1, 0.15) is 0 Å². The molecule has 0 aliphatic heterocycles. The van der Waals surface area contributed by atoms with E-state index in [9.17, 15) is 0 Å². The highest BCUT2D eigenvalue weighted by Crippen LogP contribution is 2.33. The van der Waals surface area contributed by atoms with E-state index in [1.807, 2.05) is 12.1 Å². The van der Waals surface area contributed by atoms with Gasteiger partial charge in [0.25, 0.3) is 0 Å². The Balaban J connectivity index is 3.10. The number of rotatable bonds is 4. The highest BCUT2D eigenvalue weighted by Gasteiger charge is 2.33. The van der Waals surface area contributed by atoms with Gasteiger partial charge in [0.15, 0.2) is 0 Å². The van der Waals surface area contributed by atoms with E-state index < -0.39 is 0 Å². The van der Waals surface area contributed by atoms with Gasteiger partial charge in [0.05, 0.1) is 12.1 Å². The normalized spacial score (nSPS) is 15.6. The molecule has 3 N–H and O–H groups in total. The van der Waals surface area contributed by atoms with Crippen molar-refractivity contribution in [3.8, 4) is 0 Å². The zero-order valence-electron chi connectivity index (χ0n) is 11.4. The Morgan fingerprint density at radius 2 is 1.82 bits per heavy atom. The fourth-order valence-corrected chi connectivity index (χ4v) is 2.27. The van der Waals surface area contributed by atoms with Crippen molar-refractivity contribution >= 4 is 0 Å². The fourth-order valence-electron chi connectivity index (χ4n) is 2.27. The monoisotopic (exact) mass is 236 g/mol. The van der Waals surface area contributed by atoms with Gasteiger partial charge >= 0.3 is 0 Å². The van der Waals surface area contributed by atoms with E-state index in [1.165, 1.54) is 11.1 Å². The maximum atomic E-state index is 5.72. The standard InChI is InChI=1S/C14H24N2O/c1-10-8-6-7-9-11(10)12(16-15)13(17-5)14(2,3)4/h6-9,12-13,16H,15H2,1-5H3. The molecule has 0 aliphatic carbocycles. The van der Waals surface area contributed by atoms with Gasteiger partial charge in [-0.1, -0.05) is 45.0 Å². The predicted octanol–water partition coefficient (Wildman–Crippen LogP) is 2.56. The van der Waals surface area contributed by atoms with Crippen molar-refractivity contribution in [2.75, 3.05) is 7.11 Å². The lowest BCUT2D eigenvalue weighted by atomic mass is 9.81.